The van der Waals surface area contributed by atoms with Gasteiger partial charge in [0.2, 0.25) is 5.91 Å². The van der Waals surface area contributed by atoms with Crippen LogP contribution in [0.15, 0.2) is 54.2 Å². The first-order chi connectivity index (χ1) is 12.3. The normalized spacial score (nSPS) is 10.8. The van der Waals surface area contributed by atoms with E-state index in [1.807, 2.05) is 0 Å². The molecule has 0 atom stereocenters. The molecule has 0 radical (unpaired) electrons. The molecule has 0 bridgehead atoms. The van der Waals surface area contributed by atoms with Crippen molar-refractivity contribution < 1.29 is 9.59 Å². The second-order valence-electron chi connectivity index (χ2n) is 5.22. The summed E-state index contributed by atoms with van der Waals surface area (Å²) in [5.41, 5.74) is 6.55. The van der Waals surface area contributed by atoms with Crippen molar-refractivity contribution in [3.8, 4) is 6.07 Å². The summed E-state index contributed by atoms with van der Waals surface area (Å²) in [5.74, 6) is -1.12. The highest BCUT2D eigenvalue weighted by molar-refractivity contribution is 6.36. The first kappa shape index (κ1) is 19.3. The van der Waals surface area contributed by atoms with Crippen molar-refractivity contribution in [2.45, 2.75) is 6.92 Å². The van der Waals surface area contributed by atoms with Crippen LogP contribution in [0.1, 0.15) is 6.92 Å². The SMILES string of the molecule is CC(=O)N(/C=C(/C#N)C(=O)Nc1cc(Cl)ccc1Cl)c1cccc(N)c1. The van der Waals surface area contributed by atoms with Crippen molar-refractivity contribution in [2.75, 3.05) is 16.0 Å². The molecule has 0 aromatic heterocycles. The molecule has 2 aromatic rings. The highest BCUT2D eigenvalue weighted by Crippen LogP contribution is 2.26. The van der Waals surface area contributed by atoms with Crippen LogP contribution in [-0.4, -0.2) is 11.8 Å². The number of nitrogens with two attached hydrogens (primary N) is 1. The molecule has 2 aromatic carbocycles. The largest absolute Gasteiger partial charge is 0.399 e. The van der Waals surface area contributed by atoms with E-state index in [0.29, 0.717) is 16.4 Å². The third kappa shape index (κ3) is 4.76. The number of hydrogen-bond acceptors (Lipinski definition) is 4. The Hall–Kier alpha value is -3.01. The molecule has 0 aliphatic rings. The van der Waals surface area contributed by atoms with E-state index < -0.39 is 11.8 Å². The molecule has 6 nitrogen and oxygen atoms in total. The van der Waals surface area contributed by atoms with Gasteiger partial charge < -0.3 is 11.1 Å². The van der Waals surface area contributed by atoms with Gasteiger partial charge in [-0.25, -0.2) is 0 Å². The molecule has 0 heterocycles. The first-order valence-corrected chi connectivity index (χ1v) is 8.11. The van der Waals surface area contributed by atoms with E-state index in [1.54, 1.807) is 36.4 Å². The van der Waals surface area contributed by atoms with Crippen molar-refractivity contribution in [3.63, 3.8) is 0 Å². The molecule has 0 aliphatic carbocycles. The molecule has 132 valence electrons. The van der Waals surface area contributed by atoms with Gasteiger partial charge in [-0.15, -0.1) is 0 Å². The van der Waals surface area contributed by atoms with E-state index in [0.717, 1.165) is 11.1 Å². The maximum Gasteiger partial charge on any atom is 0.267 e. The van der Waals surface area contributed by atoms with Gasteiger partial charge in [-0.1, -0.05) is 29.3 Å². The fraction of sp³-hybridized carbons (Fsp3) is 0.0556. The Labute approximate surface area is 160 Å². The van der Waals surface area contributed by atoms with Gasteiger partial charge in [0.1, 0.15) is 11.6 Å². The van der Waals surface area contributed by atoms with Gasteiger partial charge in [0.25, 0.3) is 5.91 Å². The number of halogens is 2. The lowest BCUT2D eigenvalue weighted by atomic mass is 10.2. The van der Waals surface area contributed by atoms with Crippen LogP contribution in [0.25, 0.3) is 0 Å². The molecule has 0 spiro atoms. The van der Waals surface area contributed by atoms with Crippen molar-refractivity contribution in [1.82, 2.24) is 0 Å². The van der Waals surface area contributed by atoms with E-state index in [2.05, 4.69) is 5.32 Å². The molecule has 8 heteroatoms. The van der Waals surface area contributed by atoms with Crippen LogP contribution in [0.3, 0.4) is 0 Å². The summed E-state index contributed by atoms with van der Waals surface area (Å²) in [4.78, 5) is 25.5. The van der Waals surface area contributed by atoms with Crippen molar-refractivity contribution >= 4 is 52.1 Å². The molecule has 26 heavy (non-hydrogen) atoms. The summed E-state index contributed by atoms with van der Waals surface area (Å²) in [6, 6.07) is 12.8. The van der Waals surface area contributed by atoms with Crippen LogP contribution >= 0.6 is 23.2 Å². The Morgan fingerprint density at radius 2 is 1.96 bits per heavy atom. The van der Waals surface area contributed by atoms with Crippen molar-refractivity contribution in [1.29, 1.82) is 5.26 Å². The second kappa shape index (κ2) is 8.39. The molecule has 0 fully saturated rings. The molecule has 0 saturated heterocycles. The van der Waals surface area contributed by atoms with E-state index in [9.17, 15) is 14.9 Å². The fourth-order valence-electron chi connectivity index (χ4n) is 2.07. The van der Waals surface area contributed by atoms with Gasteiger partial charge >= 0.3 is 0 Å². The Morgan fingerprint density at radius 3 is 2.58 bits per heavy atom. The standard InChI is InChI=1S/C18H14Cl2N4O2/c1-11(25)24(15-4-2-3-14(22)8-15)10-12(9-21)18(26)23-17-7-13(19)5-6-16(17)20/h2-8,10H,22H2,1H3,(H,23,26)/b12-10-. The summed E-state index contributed by atoms with van der Waals surface area (Å²) in [6.45, 7) is 1.31. The molecule has 3 N–H and O–H groups in total. The lowest BCUT2D eigenvalue weighted by Gasteiger charge is -2.17. The lowest BCUT2D eigenvalue weighted by molar-refractivity contribution is -0.116. The summed E-state index contributed by atoms with van der Waals surface area (Å²) in [7, 11) is 0. The second-order valence-corrected chi connectivity index (χ2v) is 6.06. The highest BCUT2D eigenvalue weighted by atomic mass is 35.5. The zero-order valence-corrected chi connectivity index (χ0v) is 15.2. The lowest BCUT2D eigenvalue weighted by Crippen LogP contribution is -2.25. The monoisotopic (exact) mass is 388 g/mol. The van der Waals surface area contributed by atoms with Crippen LogP contribution in [0.5, 0.6) is 0 Å². The number of nitriles is 1. The third-order valence-corrected chi connectivity index (χ3v) is 3.85. The van der Waals surface area contributed by atoms with Crippen LogP contribution in [0.4, 0.5) is 17.1 Å². The smallest absolute Gasteiger partial charge is 0.267 e. The summed E-state index contributed by atoms with van der Waals surface area (Å²) >= 11 is 11.9. The maximum atomic E-state index is 12.4. The average molecular weight is 389 g/mol. The predicted octanol–water partition coefficient (Wildman–Crippen LogP) is 3.97. The minimum absolute atomic E-state index is 0.253. The number of anilines is 3. The van der Waals surface area contributed by atoms with E-state index in [4.69, 9.17) is 28.9 Å². The Kier molecular flexibility index (Phi) is 6.23. The van der Waals surface area contributed by atoms with Gasteiger partial charge in [-0.3, -0.25) is 14.5 Å². The zero-order chi connectivity index (χ0) is 19.3. The maximum absolute atomic E-state index is 12.4. The van der Waals surface area contributed by atoms with Crippen molar-refractivity contribution in [3.05, 3.63) is 64.3 Å². The van der Waals surface area contributed by atoms with Gasteiger partial charge in [0.05, 0.1) is 16.4 Å². The predicted molar refractivity (Wildman–Crippen MR) is 103 cm³/mol. The summed E-state index contributed by atoms with van der Waals surface area (Å²) in [6.07, 6.45) is 1.14. The number of hydrogen-bond donors (Lipinski definition) is 2. The number of benzene rings is 2. The minimum atomic E-state index is -0.730. The van der Waals surface area contributed by atoms with Gasteiger partial charge in [-0.05, 0) is 36.4 Å². The molecular weight excluding hydrogens is 375 g/mol. The van der Waals surface area contributed by atoms with Crippen LogP contribution in [0, 0.1) is 11.3 Å². The highest BCUT2D eigenvalue weighted by Gasteiger charge is 2.16. The Morgan fingerprint density at radius 1 is 1.23 bits per heavy atom. The number of carbonyl (C=O) groups excluding carboxylic acids is 2. The number of nitrogens with zero attached hydrogens (tertiary/aromatic N) is 2. The molecule has 0 aliphatic heterocycles. The van der Waals surface area contributed by atoms with E-state index >= 15 is 0 Å². The number of nitrogens with one attached hydrogen (secondary N) is 1. The third-order valence-electron chi connectivity index (χ3n) is 3.29. The molecule has 0 saturated carbocycles. The minimum Gasteiger partial charge on any atom is -0.399 e. The van der Waals surface area contributed by atoms with Crippen molar-refractivity contribution in [2.24, 2.45) is 0 Å². The summed E-state index contributed by atoms with van der Waals surface area (Å²) < 4.78 is 0. The molecule has 0 unspecified atom stereocenters. The summed E-state index contributed by atoms with van der Waals surface area (Å²) in [5, 5.41) is 12.5. The van der Waals surface area contributed by atoms with Crippen LogP contribution < -0.4 is 16.0 Å². The van der Waals surface area contributed by atoms with Crippen LogP contribution in [0.2, 0.25) is 10.0 Å². The van der Waals surface area contributed by atoms with Crippen LogP contribution in [-0.2, 0) is 9.59 Å². The number of rotatable bonds is 4. The van der Waals surface area contributed by atoms with Gasteiger partial charge in [0, 0.05) is 23.8 Å². The van der Waals surface area contributed by atoms with Gasteiger partial charge in [-0.2, -0.15) is 5.26 Å². The molecule has 2 rings (SSSR count). The first-order valence-electron chi connectivity index (χ1n) is 7.35. The Bertz CT molecular complexity index is 935. The fourth-order valence-corrected chi connectivity index (χ4v) is 2.41. The zero-order valence-electron chi connectivity index (χ0n) is 13.7. The molecular formula is C18H14Cl2N4O2. The van der Waals surface area contributed by atoms with Gasteiger partial charge in [0.15, 0.2) is 0 Å². The number of carbonyl (C=O) groups is 2. The molecule has 2 amide bonds. The number of nitrogen functional groups attached to an aromatic ring is 1. The number of amides is 2. The van der Waals surface area contributed by atoms with E-state index in [-0.39, 0.29) is 16.3 Å². The Balaban J connectivity index is 2.35. The quantitative estimate of drug-likeness (QED) is 0.470. The van der Waals surface area contributed by atoms with E-state index in [1.165, 1.54) is 19.1 Å². The average Bonchev–Trinajstić information content (AvgIpc) is 2.58. The topological polar surface area (TPSA) is 99.2 Å².